The van der Waals surface area contributed by atoms with Gasteiger partial charge in [-0.05, 0) is 69.0 Å². The Morgan fingerprint density at radius 1 is 1.00 bits per heavy atom. The molecule has 1 saturated heterocycles. The molecule has 0 spiro atoms. The third-order valence-electron chi connectivity index (χ3n) is 5.97. The van der Waals surface area contributed by atoms with Crippen molar-refractivity contribution in [3.8, 4) is 0 Å². The lowest BCUT2D eigenvalue weighted by molar-refractivity contribution is 0.0208. The van der Waals surface area contributed by atoms with Gasteiger partial charge in [0.15, 0.2) is 0 Å². The van der Waals surface area contributed by atoms with Crippen LogP contribution in [-0.4, -0.2) is 37.1 Å². The van der Waals surface area contributed by atoms with E-state index in [0.29, 0.717) is 11.5 Å². The minimum atomic E-state index is 0.487. The van der Waals surface area contributed by atoms with E-state index >= 15 is 0 Å². The molecule has 2 rings (SSSR count). The summed E-state index contributed by atoms with van der Waals surface area (Å²) < 4.78 is 0. The minimum absolute atomic E-state index is 0.487. The summed E-state index contributed by atoms with van der Waals surface area (Å²) in [6, 6.07) is 1.46. The first-order valence-corrected chi connectivity index (χ1v) is 8.74. The van der Waals surface area contributed by atoms with Gasteiger partial charge in [0, 0.05) is 12.1 Å². The van der Waals surface area contributed by atoms with Crippen LogP contribution in [0.25, 0.3) is 0 Å². The number of hydrogen-bond acceptors (Lipinski definition) is 2. The highest BCUT2D eigenvalue weighted by Crippen LogP contribution is 2.38. The van der Waals surface area contributed by atoms with E-state index in [4.69, 9.17) is 0 Å². The smallest absolute Gasteiger partial charge is 0.0274 e. The number of hydrogen-bond donors (Lipinski definition) is 1. The second-order valence-electron chi connectivity index (χ2n) is 8.62. The van der Waals surface area contributed by atoms with Crippen LogP contribution in [-0.2, 0) is 0 Å². The van der Waals surface area contributed by atoms with E-state index in [-0.39, 0.29) is 0 Å². The van der Waals surface area contributed by atoms with Gasteiger partial charge in [0.25, 0.3) is 0 Å². The molecule has 2 heteroatoms. The lowest BCUT2D eigenvalue weighted by Crippen LogP contribution is -2.57. The quantitative estimate of drug-likeness (QED) is 0.828. The lowest BCUT2D eigenvalue weighted by atomic mass is 9.72. The van der Waals surface area contributed by atoms with Crippen molar-refractivity contribution in [1.82, 2.24) is 10.2 Å². The molecule has 0 aromatic heterocycles. The Morgan fingerprint density at radius 2 is 1.60 bits per heavy atom. The first kappa shape index (κ1) is 16.3. The third-order valence-corrected chi connectivity index (χ3v) is 5.97. The Labute approximate surface area is 126 Å². The summed E-state index contributed by atoms with van der Waals surface area (Å²) >= 11 is 0. The predicted molar refractivity (Wildman–Crippen MR) is 87.9 cm³/mol. The minimum Gasteiger partial charge on any atom is -0.315 e. The van der Waals surface area contributed by atoms with Crippen molar-refractivity contribution >= 4 is 0 Å². The van der Waals surface area contributed by atoms with Gasteiger partial charge in [-0.3, -0.25) is 4.90 Å². The van der Waals surface area contributed by atoms with Gasteiger partial charge in [-0.2, -0.15) is 0 Å². The Bertz CT molecular complexity index is 299. The monoisotopic (exact) mass is 280 g/mol. The first-order chi connectivity index (χ1) is 9.32. The Balaban J connectivity index is 1.98. The summed E-state index contributed by atoms with van der Waals surface area (Å²) in [4.78, 5) is 2.81. The van der Waals surface area contributed by atoms with Crippen molar-refractivity contribution in [1.29, 1.82) is 0 Å². The van der Waals surface area contributed by atoms with Gasteiger partial charge in [-0.15, -0.1) is 0 Å². The molecule has 1 aliphatic carbocycles. The molecule has 2 nitrogen and oxygen atoms in total. The van der Waals surface area contributed by atoms with E-state index in [2.05, 4.69) is 51.9 Å². The summed E-state index contributed by atoms with van der Waals surface area (Å²) in [5, 5.41) is 3.61. The van der Waals surface area contributed by atoms with Crippen LogP contribution >= 0.6 is 0 Å². The summed E-state index contributed by atoms with van der Waals surface area (Å²) in [6.45, 7) is 14.7. The second kappa shape index (κ2) is 6.36. The molecule has 0 aromatic carbocycles. The molecule has 0 amide bonds. The average Bonchev–Trinajstić information content (AvgIpc) is 2.37. The highest BCUT2D eigenvalue weighted by Gasteiger charge is 2.39. The highest BCUT2D eigenvalue weighted by atomic mass is 15.2. The summed E-state index contributed by atoms with van der Waals surface area (Å²) in [5.74, 6) is 2.62. The van der Waals surface area contributed by atoms with Gasteiger partial charge >= 0.3 is 0 Å². The van der Waals surface area contributed by atoms with Crippen molar-refractivity contribution in [3.05, 3.63) is 0 Å². The molecule has 20 heavy (non-hydrogen) atoms. The number of likely N-dealkylation sites (N-methyl/N-ethyl adjacent to an activating group) is 1. The SMILES string of the molecule is CNC1CC(C)CC(C)C1N1CCC(C(C)(C)C)CC1. The zero-order valence-electron chi connectivity index (χ0n) is 14.6. The molecule has 0 aromatic rings. The number of likely N-dealkylation sites (tertiary alicyclic amines) is 1. The third kappa shape index (κ3) is 3.57. The van der Waals surface area contributed by atoms with Crippen LogP contribution in [0.15, 0.2) is 0 Å². The fourth-order valence-electron chi connectivity index (χ4n) is 4.81. The molecule has 2 aliphatic rings. The Hall–Kier alpha value is -0.0800. The van der Waals surface area contributed by atoms with E-state index in [1.807, 2.05) is 0 Å². The fourth-order valence-corrected chi connectivity index (χ4v) is 4.81. The predicted octanol–water partition coefficient (Wildman–Crippen LogP) is 3.77. The summed E-state index contributed by atoms with van der Waals surface area (Å²) in [7, 11) is 2.16. The van der Waals surface area contributed by atoms with E-state index in [9.17, 15) is 0 Å². The molecule has 1 saturated carbocycles. The maximum atomic E-state index is 3.61. The molecule has 1 heterocycles. The molecule has 4 atom stereocenters. The van der Waals surface area contributed by atoms with E-state index in [1.165, 1.54) is 38.8 Å². The van der Waals surface area contributed by atoms with Crippen LogP contribution in [0.5, 0.6) is 0 Å². The molecule has 118 valence electrons. The van der Waals surface area contributed by atoms with Gasteiger partial charge in [-0.25, -0.2) is 0 Å². The first-order valence-electron chi connectivity index (χ1n) is 8.74. The van der Waals surface area contributed by atoms with E-state index in [0.717, 1.165) is 23.8 Å². The molecular formula is C18H36N2. The maximum absolute atomic E-state index is 3.61. The van der Waals surface area contributed by atoms with Crippen LogP contribution in [0, 0.1) is 23.2 Å². The number of nitrogens with one attached hydrogen (secondary N) is 1. The number of piperidine rings is 1. The maximum Gasteiger partial charge on any atom is 0.0274 e. The second-order valence-corrected chi connectivity index (χ2v) is 8.62. The highest BCUT2D eigenvalue weighted by molar-refractivity contribution is 4.95. The van der Waals surface area contributed by atoms with Crippen molar-refractivity contribution in [2.24, 2.45) is 23.2 Å². The van der Waals surface area contributed by atoms with Crippen LogP contribution in [0.2, 0.25) is 0 Å². The summed E-state index contributed by atoms with van der Waals surface area (Å²) in [5.41, 5.74) is 0.487. The number of rotatable bonds is 2. The zero-order valence-corrected chi connectivity index (χ0v) is 14.6. The largest absolute Gasteiger partial charge is 0.315 e. The van der Waals surface area contributed by atoms with Crippen LogP contribution < -0.4 is 5.32 Å². The topological polar surface area (TPSA) is 15.3 Å². The van der Waals surface area contributed by atoms with E-state index < -0.39 is 0 Å². The van der Waals surface area contributed by atoms with E-state index in [1.54, 1.807) is 0 Å². The lowest BCUT2D eigenvalue weighted by Gasteiger charge is -2.49. The zero-order chi connectivity index (χ0) is 14.9. The Morgan fingerprint density at radius 3 is 2.10 bits per heavy atom. The number of nitrogens with zero attached hydrogens (tertiary/aromatic N) is 1. The standard InChI is InChI=1S/C18H36N2/c1-13-11-14(2)17(16(12-13)19-6)20-9-7-15(8-10-20)18(3,4)5/h13-17,19H,7-12H2,1-6H3. The molecule has 4 unspecified atom stereocenters. The van der Waals surface area contributed by atoms with Gasteiger partial charge in [-0.1, -0.05) is 34.6 Å². The van der Waals surface area contributed by atoms with Crippen LogP contribution in [0.4, 0.5) is 0 Å². The molecule has 0 radical (unpaired) electrons. The molecular weight excluding hydrogens is 244 g/mol. The van der Waals surface area contributed by atoms with Crippen LogP contribution in [0.1, 0.15) is 60.3 Å². The van der Waals surface area contributed by atoms with Gasteiger partial charge in [0.05, 0.1) is 0 Å². The Kier molecular flexibility index (Phi) is 5.18. The molecule has 1 aliphatic heterocycles. The van der Waals surface area contributed by atoms with Gasteiger partial charge < -0.3 is 5.32 Å². The van der Waals surface area contributed by atoms with Gasteiger partial charge in [0.2, 0.25) is 0 Å². The molecule has 1 N–H and O–H groups in total. The molecule has 2 fully saturated rings. The van der Waals surface area contributed by atoms with Crippen LogP contribution in [0.3, 0.4) is 0 Å². The molecule has 0 bridgehead atoms. The van der Waals surface area contributed by atoms with Crippen molar-refractivity contribution < 1.29 is 0 Å². The van der Waals surface area contributed by atoms with Crippen molar-refractivity contribution in [2.45, 2.75) is 72.4 Å². The van der Waals surface area contributed by atoms with Gasteiger partial charge in [0.1, 0.15) is 0 Å². The van der Waals surface area contributed by atoms with Crippen molar-refractivity contribution in [2.75, 3.05) is 20.1 Å². The average molecular weight is 281 g/mol. The fraction of sp³-hybridized carbons (Fsp3) is 1.00. The normalized spacial score (nSPS) is 38.1. The summed E-state index contributed by atoms with van der Waals surface area (Å²) in [6.07, 6.45) is 5.53. The van der Waals surface area contributed by atoms with Crippen molar-refractivity contribution in [3.63, 3.8) is 0 Å².